The Morgan fingerprint density at radius 1 is 1.33 bits per heavy atom. The van der Waals surface area contributed by atoms with Crippen LogP contribution in [0.15, 0.2) is 42.7 Å². The van der Waals surface area contributed by atoms with E-state index < -0.39 is 0 Å². The predicted octanol–water partition coefficient (Wildman–Crippen LogP) is 2.82. The Labute approximate surface area is 106 Å². The second kappa shape index (κ2) is 4.50. The molecular formula is C15H15FN2. The Morgan fingerprint density at radius 2 is 2.17 bits per heavy atom. The molecule has 92 valence electrons. The monoisotopic (exact) mass is 242 g/mol. The first kappa shape index (κ1) is 11.4. The standard InChI is InChI=1S/C15H15FN2/c1-17-15(11-6-12(16)9-18-8-11)14-7-10-4-2-3-5-13(10)14/h2-6,8-9,14-15,17H,7H2,1H3. The fraction of sp³-hybridized carbons (Fsp3) is 0.267. The lowest BCUT2D eigenvalue weighted by molar-refractivity contribution is 0.435. The molecule has 1 heterocycles. The maximum Gasteiger partial charge on any atom is 0.141 e. The quantitative estimate of drug-likeness (QED) is 0.895. The first-order valence-electron chi connectivity index (χ1n) is 6.15. The van der Waals surface area contributed by atoms with Gasteiger partial charge in [0.25, 0.3) is 0 Å². The normalized spacial score (nSPS) is 18.9. The maximum atomic E-state index is 13.3. The number of nitrogens with zero attached hydrogens (tertiary/aromatic N) is 1. The van der Waals surface area contributed by atoms with E-state index in [1.807, 2.05) is 7.05 Å². The highest BCUT2D eigenvalue weighted by Gasteiger charge is 2.32. The van der Waals surface area contributed by atoms with Gasteiger partial charge in [-0.15, -0.1) is 0 Å². The SMILES string of the molecule is CNC(c1cncc(F)c1)C1Cc2ccccc21. The van der Waals surface area contributed by atoms with Crippen molar-refractivity contribution in [1.82, 2.24) is 10.3 Å². The molecule has 2 unspecified atom stereocenters. The number of hydrogen-bond donors (Lipinski definition) is 1. The third kappa shape index (κ3) is 1.81. The van der Waals surface area contributed by atoms with Gasteiger partial charge < -0.3 is 5.32 Å². The third-order valence-electron chi connectivity index (χ3n) is 3.69. The molecule has 0 bridgehead atoms. The van der Waals surface area contributed by atoms with E-state index in [1.165, 1.54) is 17.3 Å². The number of aromatic nitrogens is 1. The Bertz CT molecular complexity index is 568. The summed E-state index contributed by atoms with van der Waals surface area (Å²) in [7, 11) is 1.91. The number of halogens is 1. The van der Waals surface area contributed by atoms with Gasteiger partial charge in [-0.05, 0) is 36.2 Å². The fourth-order valence-electron chi connectivity index (χ4n) is 2.79. The lowest BCUT2D eigenvalue weighted by Gasteiger charge is -2.36. The summed E-state index contributed by atoms with van der Waals surface area (Å²) in [6.07, 6.45) is 4.02. The van der Waals surface area contributed by atoms with Crippen molar-refractivity contribution in [3.8, 4) is 0 Å². The van der Waals surface area contributed by atoms with E-state index in [9.17, 15) is 4.39 Å². The van der Waals surface area contributed by atoms with Crippen molar-refractivity contribution in [3.63, 3.8) is 0 Å². The Hall–Kier alpha value is -1.74. The molecule has 3 rings (SSSR count). The summed E-state index contributed by atoms with van der Waals surface area (Å²) in [6.45, 7) is 0. The van der Waals surface area contributed by atoms with Gasteiger partial charge in [0.1, 0.15) is 5.82 Å². The van der Waals surface area contributed by atoms with Crippen LogP contribution in [0.3, 0.4) is 0 Å². The zero-order valence-corrected chi connectivity index (χ0v) is 10.2. The van der Waals surface area contributed by atoms with Crippen molar-refractivity contribution in [1.29, 1.82) is 0 Å². The van der Waals surface area contributed by atoms with Crippen LogP contribution in [0, 0.1) is 5.82 Å². The number of likely N-dealkylation sites (N-methyl/N-ethyl adjacent to an activating group) is 1. The van der Waals surface area contributed by atoms with Gasteiger partial charge in [-0.25, -0.2) is 4.39 Å². The molecule has 0 amide bonds. The molecule has 1 aromatic heterocycles. The summed E-state index contributed by atoms with van der Waals surface area (Å²) in [4.78, 5) is 3.93. The topological polar surface area (TPSA) is 24.9 Å². The van der Waals surface area contributed by atoms with Gasteiger partial charge in [0.05, 0.1) is 6.20 Å². The van der Waals surface area contributed by atoms with E-state index in [-0.39, 0.29) is 11.9 Å². The van der Waals surface area contributed by atoms with Crippen LogP contribution in [-0.4, -0.2) is 12.0 Å². The lowest BCUT2D eigenvalue weighted by Crippen LogP contribution is -2.31. The van der Waals surface area contributed by atoms with E-state index in [2.05, 4.69) is 34.6 Å². The minimum atomic E-state index is -0.277. The van der Waals surface area contributed by atoms with E-state index in [4.69, 9.17) is 0 Å². The predicted molar refractivity (Wildman–Crippen MR) is 68.9 cm³/mol. The zero-order chi connectivity index (χ0) is 12.5. The summed E-state index contributed by atoms with van der Waals surface area (Å²) in [5.41, 5.74) is 3.67. The van der Waals surface area contributed by atoms with Gasteiger partial charge in [0, 0.05) is 18.2 Å². The molecule has 2 nitrogen and oxygen atoms in total. The van der Waals surface area contributed by atoms with Crippen molar-refractivity contribution in [2.24, 2.45) is 0 Å². The number of rotatable bonds is 3. The van der Waals surface area contributed by atoms with Gasteiger partial charge in [0.15, 0.2) is 0 Å². The van der Waals surface area contributed by atoms with Crippen molar-refractivity contribution in [2.45, 2.75) is 18.4 Å². The molecule has 1 N–H and O–H groups in total. The molecule has 0 aliphatic heterocycles. The van der Waals surface area contributed by atoms with Crippen LogP contribution in [0.5, 0.6) is 0 Å². The number of nitrogens with one attached hydrogen (secondary N) is 1. The highest BCUT2D eigenvalue weighted by Crippen LogP contribution is 2.43. The Balaban J connectivity index is 1.92. The van der Waals surface area contributed by atoms with Crippen LogP contribution in [0.1, 0.15) is 28.7 Å². The van der Waals surface area contributed by atoms with Crippen molar-refractivity contribution >= 4 is 0 Å². The lowest BCUT2D eigenvalue weighted by atomic mass is 9.72. The van der Waals surface area contributed by atoms with E-state index >= 15 is 0 Å². The number of fused-ring (bicyclic) bond motifs is 1. The largest absolute Gasteiger partial charge is 0.312 e. The molecule has 2 aromatic rings. The minimum Gasteiger partial charge on any atom is -0.312 e. The molecule has 18 heavy (non-hydrogen) atoms. The number of hydrogen-bond acceptors (Lipinski definition) is 2. The molecule has 1 aliphatic rings. The number of benzene rings is 1. The van der Waals surface area contributed by atoms with Gasteiger partial charge in [-0.3, -0.25) is 4.98 Å². The molecule has 0 spiro atoms. The van der Waals surface area contributed by atoms with E-state index in [0.29, 0.717) is 5.92 Å². The second-order valence-electron chi connectivity index (χ2n) is 4.71. The molecule has 1 aromatic carbocycles. The highest BCUT2D eigenvalue weighted by atomic mass is 19.1. The zero-order valence-electron chi connectivity index (χ0n) is 10.2. The molecule has 0 saturated heterocycles. The summed E-state index contributed by atoms with van der Waals surface area (Å²) in [5, 5.41) is 3.28. The van der Waals surface area contributed by atoms with Gasteiger partial charge in [0.2, 0.25) is 0 Å². The van der Waals surface area contributed by atoms with Crippen LogP contribution in [-0.2, 0) is 6.42 Å². The summed E-state index contributed by atoms with van der Waals surface area (Å²) in [6, 6.07) is 10.1. The molecule has 0 fully saturated rings. The number of pyridine rings is 1. The highest BCUT2D eigenvalue weighted by molar-refractivity contribution is 5.42. The molecular weight excluding hydrogens is 227 g/mol. The minimum absolute atomic E-state index is 0.128. The second-order valence-corrected chi connectivity index (χ2v) is 4.71. The van der Waals surface area contributed by atoms with Gasteiger partial charge >= 0.3 is 0 Å². The van der Waals surface area contributed by atoms with Crippen molar-refractivity contribution in [2.75, 3.05) is 7.05 Å². The fourth-order valence-corrected chi connectivity index (χ4v) is 2.79. The molecule has 2 atom stereocenters. The van der Waals surface area contributed by atoms with Crippen LogP contribution < -0.4 is 5.32 Å². The summed E-state index contributed by atoms with van der Waals surface area (Å²) in [5.74, 6) is 0.134. The smallest absolute Gasteiger partial charge is 0.141 e. The summed E-state index contributed by atoms with van der Waals surface area (Å²) >= 11 is 0. The molecule has 1 aliphatic carbocycles. The van der Waals surface area contributed by atoms with Gasteiger partial charge in [-0.1, -0.05) is 24.3 Å². The Morgan fingerprint density at radius 3 is 2.89 bits per heavy atom. The van der Waals surface area contributed by atoms with Crippen LogP contribution in [0.2, 0.25) is 0 Å². The average Bonchev–Trinajstić information content (AvgIpc) is 2.36. The third-order valence-corrected chi connectivity index (χ3v) is 3.69. The van der Waals surface area contributed by atoms with Crippen LogP contribution >= 0.6 is 0 Å². The van der Waals surface area contributed by atoms with Crippen LogP contribution in [0.25, 0.3) is 0 Å². The maximum absolute atomic E-state index is 13.3. The van der Waals surface area contributed by atoms with Gasteiger partial charge in [-0.2, -0.15) is 0 Å². The molecule has 0 radical (unpaired) electrons. The summed E-state index contributed by atoms with van der Waals surface area (Å²) < 4.78 is 13.3. The first-order chi connectivity index (χ1) is 8.79. The average molecular weight is 242 g/mol. The first-order valence-corrected chi connectivity index (χ1v) is 6.15. The van der Waals surface area contributed by atoms with Crippen molar-refractivity contribution in [3.05, 3.63) is 65.2 Å². The van der Waals surface area contributed by atoms with Crippen molar-refractivity contribution < 1.29 is 4.39 Å². The van der Waals surface area contributed by atoms with E-state index in [0.717, 1.165) is 12.0 Å². The van der Waals surface area contributed by atoms with E-state index in [1.54, 1.807) is 12.3 Å². The molecule has 0 saturated carbocycles. The van der Waals surface area contributed by atoms with Crippen LogP contribution in [0.4, 0.5) is 4.39 Å². The Kier molecular flexibility index (Phi) is 2.84. The molecule has 3 heteroatoms.